The van der Waals surface area contributed by atoms with Crippen LogP contribution in [-0.2, 0) is 9.53 Å². The van der Waals surface area contributed by atoms with Crippen molar-refractivity contribution >= 4 is 5.78 Å². The third kappa shape index (κ3) is 1.56. The molecular weight excluding hydrogens is 256 g/mol. The maximum atomic E-state index is 12.6. The van der Waals surface area contributed by atoms with Gasteiger partial charge in [0.15, 0.2) is 0 Å². The monoisotopic (exact) mass is 278 g/mol. The van der Waals surface area contributed by atoms with E-state index in [1.54, 1.807) is 0 Å². The first kappa shape index (κ1) is 14.0. The van der Waals surface area contributed by atoms with Crippen LogP contribution in [0, 0.1) is 17.3 Å². The van der Waals surface area contributed by atoms with E-state index in [2.05, 4.69) is 0 Å². The molecule has 0 aromatic heterocycles. The summed E-state index contributed by atoms with van der Waals surface area (Å²) in [6.45, 7) is 6.05. The Morgan fingerprint density at radius 2 is 2.00 bits per heavy atom. The Balaban J connectivity index is 2.18. The van der Waals surface area contributed by atoms with Crippen LogP contribution in [-0.4, -0.2) is 40.4 Å². The Labute approximate surface area is 119 Å². The fraction of sp³-hybridized carbons (Fsp3) is 0.688. The van der Waals surface area contributed by atoms with Crippen LogP contribution in [0.3, 0.4) is 0 Å². The lowest BCUT2D eigenvalue weighted by atomic mass is 9.53. The van der Waals surface area contributed by atoms with Crippen molar-refractivity contribution < 1.29 is 19.7 Å². The predicted molar refractivity (Wildman–Crippen MR) is 74.0 cm³/mol. The number of carbonyl (C=O) groups is 1. The number of hydrogen-bond acceptors (Lipinski definition) is 4. The molecule has 4 heteroatoms. The fourth-order valence-electron chi connectivity index (χ4n) is 4.05. The fourth-order valence-corrected chi connectivity index (χ4v) is 4.05. The highest BCUT2D eigenvalue weighted by molar-refractivity contribution is 5.88. The molecule has 6 unspecified atom stereocenters. The molecule has 2 N–H and O–H groups in total. The Morgan fingerprint density at radius 1 is 1.30 bits per heavy atom. The molecule has 1 saturated heterocycles. The first-order valence-electron chi connectivity index (χ1n) is 7.25. The number of ether oxygens (including phenoxy) is 1. The van der Waals surface area contributed by atoms with Gasteiger partial charge in [-0.05, 0) is 19.4 Å². The summed E-state index contributed by atoms with van der Waals surface area (Å²) in [7, 11) is 0. The zero-order valence-corrected chi connectivity index (χ0v) is 12.2. The van der Waals surface area contributed by atoms with E-state index in [4.69, 9.17) is 4.74 Å². The van der Waals surface area contributed by atoms with Gasteiger partial charge < -0.3 is 14.9 Å². The van der Waals surface area contributed by atoms with Gasteiger partial charge in [-0.15, -0.1) is 0 Å². The second-order valence-corrected chi connectivity index (χ2v) is 6.65. The van der Waals surface area contributed by atoms with Crippen LogP contribution < -0.4 is 0 Å². The molecule has 3 rings (SSSR count). The largest absolute Gasteiger partial charge is 0.390 e. The average Bonchev–Trinajstić information content (AvgIpc) is 2.39. The Bertz CT molecular complexity index is 509. The molecule has 0 amide bonds. The molecule has 1 fully saturated rings. The number of rotatable bonds is 0. The smallest absolute Gasteiger partial charge is 0.144 e. The number of Topliss-reactive ketones (excluding diaryl/α,β-unsaturated/α-hetero) is 1. The molecule has 20 heavy (non-hydrogen) atoms. The van der Waals surface area contributed by atoms with Crippen LogP contribution in [0.2, 0.25) is 0 Å². The third-order valence-corrected chi connectivity index (χ3v) is 5.60. The third-order valence-electron chi connectivity index (χ3n) is 5.60. The summed E-state index contributed by atoms with van der Waals surface area (Å²) in [5, 5.41) is 20.7. The van der Waals surface area contributed by atoms with Gasteiger partial charge in [0, 0.05) is 18.3 Å². The number of ketones is 1. The number of aliphatic hydroxyl groups excluding tert-OH is 2. The van der Waals surface area contributed by atoms with Gasteiger partial charge in [0.1, 0.15) is 5.78 Å². The Hall–Kier alpha value is -0.970. The molecule has 3 aliphatic rings. The van der Waals surface area contributed by atoms with Crippen LogP contribution in [0.4, 0.5) is 0 Å². The van der Waals surface area contributed by atoms with E-state index in [1.807, 2.05) is 39.0 Å². The average molecular weight is 278 g/mol. The highest BCUT2D eigenvalue weighted by atomic mass is 16.5. The minimum atomic E-state index is -0.940. The maximum Gasteiger partial charge on any atom is 0.144 e. The minimum Gasteiger partial charge on any atom is -0.390 e. The van der Waals surface area contributed by atoms with E-state index in [-0.39, 0.29) is 11.7 Å². The summed E-state index contributed by atoms with van der Waals surface area (Å²) in [5.41, 5.74) is -0.605. The molecule has 0 bridgehead atoms. The van der Waals surface area contributed by atoms with Crippen molar-refractivity contribution in [2.45, 2.75) is 45.0 Å². The first-order chi connectivity index (χ1) is 9.31. The summed E-state index contributed by atoms with van der Waals surface area (Å²) < 4.78 is 5.87. The SMILES string of the molecule is CC1C=C2C=CC3(C)OCCC(=O)C3(C)C2C(O)C1O. The van der Waals surface area contributed by atoms with E-state index < -0.39 is 29.1 Å². The lowest BCUT2D eigenvalue weighted by Crippen LogP contribution is -2.64. The number of allylic oxidation sites excluding steroid dienone is 1. The van der Waals surface area contributed by atoms with Crippen molar-refractivity contribution in [3.63, 3.8) is 0 Å². The summed E-state index contributed by atoms with van der Waals surface area (Å²) in [5.74, 6) is -0.419. The molecule has 110 valence electrons. The molecule has 1 aliphatic heterocycles. The van der Waals surface area contributed by atoms with E-state index in [0.717, 1.165) is 5.57 Å². The summed E-state index contributed by atoms with van der Waals surface area (Å²) in [4.78, 5) is 12.6. The zero-order valence-electron chi connectivity index (χ0n) is 12.2. The van der Waals surface area contributed by atoms with Gasteiger partial charge in [-0.2, -0.15) is 0 Å². The van der Waals surface area contributed by atoms with Crippen molar-refractivity contribution in [3.8, 4) is 0 Å². The van der Waals surface area contributed by atoms with E-state index in [0.29, 0.717) is 13.0 Å². The van der Waals surface area contributed by atoms with Crippen LogP contribution in [0.15, 0.2) is 23.8 Å². The van der Waals surface area contributed by atoms with Gasteiger partial charge in [-0.3, -0.25) is 4.79 Å². The normalized spacial score (nSPS) is 51.2. The van der Waals surface area contributed by atoms with E-state index >= 15 is 0 Å². The van der Waals surface area contributed by atoms with Gasteiger partial charge >= 0.3 is 0 Å². The molecule has 0 spiro atoms. The number of fused-ring (bicyclic) bond motifs is 3. The zero-order chi connectivity index (χ0) is 14.7. The minimum absolute atomic E-state index is 0.104. The van der Waals surface area contributed by atoms with Gasteiger partial charge in [0.05, 0.1) is 29.8 Å². The second-order valence-electron chi connectivity index (χ2n) is 6.65. The second kappa shape index (κ2) is 4.26. The van der Waals surface area contributed by atoms with Gasteiger partial charge in [0.25, 0.3) is 0 Å². The number of carbonyl (C=O) groups excluding carboxylic acids is 1. The summed E-state index contributed by atoms with van der Waals surface area (Å²) in [6, 6.07) is 0. The molecule has 0 radical (unpaired) electrons. The highest BCUT2D eigenvalue weighted by Gasteiger charge is 2.62. The Kier molecular flexibility index (Phi) is 2.98. The lowest BCUT2D eigenvalue weighted by Gasteiger charge is -2.56. The molecular formula is C16H22O4. The molecule has 0 aromatic carbocycles. The molecule has 0 aromatic rings. The summed E-state index contributed by atoms with van der Waals surface area (Å²) in [6.07, 6.45) is 4.42. The molecule has 1 heterocycles. The summed E-state index contributed by atoms with van der Waals surface area (Å²) >= 11 is 0. The highest BCUT2D eigenvalue weighted by Crippen LogP contribution is 2.55. The van der Waals surface area contributed by atoms with Crippen molar-refractivity contribution in [3.05, 3.63) is 23.8 Å². The number of aliphatic hydroxyl groups is 2. The standard InChI is InChI=1S/C16H22O4/c1-9-8-10-4-6-15(2)16(3,11(17)5-7-20-15)12(10)14(19)13(9)18/h4,6,8-9,12-14,18-19H,5,7H2,1-3H3. The van der Waals surface area contributed by atoms with Crippen LogP contribution in [0.5, 0.6) is 0 Å². The van der Waals surface area contributed by atoms with Crippen LogP contribution in [0.25, 0.3) is 0 Å². The predicted octanol–water partition coefficient (Wildman–Crippen LogP) is 1.22. The van der Waals surface area contributed by atoms with E-state index in [1.165, 1.54) is 0 Å². The molecule has 0 saturated carbocycles. The number of hydrogen-bond donors (Lipinski definition) is 2. The van der Waals surface area contributed by atoms with Crippen LogP contribution in [0.1, 0.15) is 27.2 Å². The first-order valence-corrected chi connectivity index (χ1v) is 7.25. The Morgan fingerprint density at radius 3 is 2.70 bits per heavy atom. The molecule has 2 aliphatic carbocycles. The van der Waals surface area contributed by atoms with Crippen molar-refractivity contribution in [1.29, 1.82) is 0 Å². The van der Waals surface area contributed by atoms with Gasteiger partial charge in [-0.1, -0.05) is 25.2 Å². The van der Waals surface area contributed by atoms with Crippen molar-refractivity contribution in [2.75, 3.05) is 6.61 Å². The van der Waals surface area contributed by atoms with Gasteiger partial charge in [-0.25, -0.2) is 0 Å². The van der Waals surface area contributed by atoms with E-state index in [9.17, 15) is 15.0 Å². The maximum absolute atomic E-state index is 12.6. The molecule has 6 atom stereocenters. The topological polar surface area (TPSA) is 66.8 Å². The van der Waals surface area contributed by atoms with Crippen molar-refractivity contribution in [1.82, 2.24) is 0 Å². The van der Waals surface area contributed by atoms with Crippen LogP contribution >= 0.6 is 0 Å². The quantitative estimate of drug-likeness (QED) is 0.699. The van der Waals surface area contributed by atoms with Gasteiger partial charge in [0.2, 0.25) is 0 Å². The van der Waals surface area contributed by atoms with Crippen molar-refractivity contribution in [2.24, 2.45) is 17.3 Å². The molecule has 4 nitrogen and oxygen atoms in total. The lowest BCUT2D eigenvalue weighted by molar-refractivity contribution is -0.184.